The van der Waals surface area contributed by atoms with E-state index in [9.17, 15) is 4.79 Å². The van der Waals surface area contributed by atoms with E-state index < -0.39 is 0 Å². The third kappa shape index (κ3) is 3.31. The Bertz CT molecular complexity index is 686. The van der Waals surface area contributed by atoms with Gasteiger partial charge in [0.1, 0.15) is 6.54 Å². The number of nitrogens with one attached hydrogen (secondary N) is 1. The summed E-state index contributed by atoms with van der Waals surface area (Å²) in [4.78, 5) is 12.1. The van der Waals surface area contributed by atoms with Crippen LogP contribution in [0.5, 0.6) is 0 Å². The number of nitrogen functional groups attached to an aromatic ring is 1. The lowest BCUT2D eigenvalue weighted by Gasteiger charge is -2.11. The van der Waals surface area contributed by atoms with Crippen LogP contribution in [-0.4, -0.2) is 15.7 Å². The average Bonchev–Trinajstić information content (AvgIpc) is 2.61. The smallest absolute Gasteiger partial charge is 0.246 e. The van der Waals surface area contributed by atoms with Crippen LogP contribution in [0.3, 0.4) is 0 Å². The molecule has 1 aromatic heterocycles. The Morgan fingerprint density at radius 1 is 1.33 bits per heavy atom. The lowest BCUT2D eigenvalue weighted by molar-refractivity contribution is -0.116. The second-order valence-corrected chi connectivity index (χ2v) is 5.70. The maximum Gasteiger partial charge on any atom is 0.246 e. The van der Waals surface area contributed by atoms with E-state index in [4.69, 9.17) is 28.9 Å². The van der Waals surface area contributed by atoms with Gasteiger partial charge < -0.3 is 11.1 Å². The van der Waals surface area contributed by atoms with Gasteiger partial charge in [0, 0.05) is 10.7 Å². The molecule has 0 saturated heterocycles. The first-order valence-corrected chi connectivity index (χ1v) is 7.10. The highest BCUT2D eigenvalue weighted by atomic mass is 35.5. The van der Waals surface area contributed by atoms with E-state index in [1.54, 1.807) is 4.68 Å². The SMILES string of the molecule is Cc1nn(CC(=O)Nc2c(N)cc(Cl)cc2Cl)c(C)c1C. The normalized spacial score (nSPS) is 10.7. The quantitative estimate of drug-likeness (QED) is 0.849. The number of carbonyl (C=O) groups excluding carboxylic acids is 1. The van der Waals surface area contributed by atoms with Gasteiger partial charge in [0.15, 0.2) is 0 Å². The standard InChI is InChI=1S/C14H16Cl2N4O/c1-7-8(2)19-20(9(7)3)6-13(21)18-14-11(16)4-10(15)5-12(14)17/h4-5H,6,17H2,1-3H3,(H,18,21). The number of amides is 1. The molecule has 1 heterocycles. The fourth-order valence-electron chi connectivity index (χ4n) is 1.98. The molecule has 5 nitrogen and oxygen atoms in total. The van der Waals surface area contributed by atoms with Crippen molar-refractivity contribution < 1.29 is 4.79 Å². The second-order valence-electron chi connectivity index (χ2n) is 4.85. The van der Waals surface area contributed by atoms with Gasteiger partial charge in [-0.15, -0.1) is 0 Å². The number of nitrogens with zero attached hydrogens (tertiary/aromatic N) is 2. The molecule has 0 radical (unpaired) electrons. The van der Waals surface area contributed by atoms with Gasteiger partial charge in [0.2, 0.25) is 5.91 Å². The summed E-state index contributed by atoms with van der Waals surface area (Å²) in [5, 5.41) is 7.74. The Labute approximate surface area is 133 Å². The van der Waals surface area contributed by atoms with Crippen molar-refractivity contribution in [2.45, 2.75) is 27.3 Å². The van der Waals surface area contributed by atoms with Crippen LogP contribution < -0.4 is 11.1 Å². The van der Waals surface area contributed by atoms with Gasteiger partial charge in [-0.05, 0) is 38.5 Å². The molecule has 0 atom stereocenters. The number of benzene rings is 1. The van der Waals surface area contributed by atoms with E-state index in [0.717, 1.165) is 17.0 Å². The highest BCUT2D eigenvalue weighted by Gasteiger charge is 2.14. The van der Waals surface area contributed by atoms with Crippen molar-refractivity contribution in [2.24, 2.45) is 0 Å². The van der Waals surface area contributed by atoms with Crippen LogP contribution >= 0.6 is 23.2 Å². The monoisotopic (exact) mass is 326 g/mol. The van der Waals surface area contributed by atoms with Gasteiger partial charge in [0.05, 0.1) is 22.1 Å². The van der Waals surface area contributed by atoms with Crippen LogP contribution in [0, 0.1) is 20.8 Å². The summed E-state index contributed by atoms with van der Waals surface area (Å²) < 4.78 is 1.65. The van der Waals surface area contributed by atoms with Gasteiger partial charge in [-0.2, -0.15) is 5.10 Å². The van der Waals surface area contributed by atoms with Crippen molar-refractivity contribution in [3.05, 3.63) is 39.1 Å². The molecule has 1 amide bonds. The number of hydrogen-bond donors (Lipinski definition) is 2. The van der Waals surface area contributed by atoms with Gasteiger partial charge in [0.25, 0.3) is 0 Å². The lowest BCUT2D eigenvalue weighted by atomic mass is 10.2. The second kappa shape index (κ2) is 5.95. The summed E-state index contributed by atoms with van der Waals surface area (Å²) in [6.45, 7) is 5.90. The van der Waals surface area contributed by atoms with Crippen LogP contribution in [0.1, 0.15) is 17.0 Å². The Morgan fingerprint density at radius 2 is 2.00 bits per heavy atom. The minimum atomic E-state index is -0.253. The summed E-state index contributed by atoms with van der Waals surface area (Å²) in [6, 6.07) is 3.07. The molecule has 7 heteroatoms. The van der Waals surface area contributed by atoms with Gasteiger partial charge in [-0.25, -0.2) is 0 Å². The predicted molar refractivity (Wildman–Crippen MR) is 85.9 cm³/mol. The third-order valence-electron chi connectivity index (χ3n) is 3.39. The first-order chi connectivity index (χ1) is 9.79. The van der Waals surface area contributed by atoms with Crippen molar-refractivity contribution in [3.8, 4) is 0 Å². The molecular formula is C14H16Cl2N4O. The first-order valence-electron chi connectivity index (χ1n) is 6.34. The largest absolute Gasteiger partial charge is 0.397 e. The van der Waals surface area contributed by atoms with E-state index in [-0.39, 0.29) is 12.5 Å². The molecule has 112 valence electrons. The van der Waals surface area contributed by atoms with E-state index in [1.807, 2.05) is 20.8 Å². The maximum atomic E-state index is 12.1. The van der Waals surface area contributed by atoms with E-state index in [2.05, 4.69) is 10.4 Å². The molecule has 2 aromatic rings. The van der Waals surface area contributed by atoms with Gasteiger partial charge in [-0.1, -0.05) is 23.2 Å². The van der Waals surface area contributed by atoms with Crippen LogP contribution in [0.2, 0.25) is 10.0 Å². The number of aryl methyl sites for hydroxylation is 1. The Balaban J connectivity index is 2.17. The third-order valence-corrected chi connectivity index (χ3v) is 3.90. The summed E-state index contributed by atoms with van der Waals surface area (Å²) in [7, 11) is 0. The molecule has 0 aliphatic carbocycles. The number of anilines is 2. The minimum absolute atomic E-state index is 0.0961. The number of carbonyl (C=O) groups is 1. The van der Waals surface area contributed by atoms with Gasteiger partial charge in [-0.3, -0.25) is 9.48 Å². The molecular weight excluding hydrogens is 311 g/mol. The zero-order valence-electron chi connectivity index (χ0n) is 12.0. The Morgan fingerprint density at radius 3 is 2.52 bits per heavy atom. The number of nitrogens with two attached hydrogens (primary N) is 1. The fraction of sp³-hybridized carbons (Fsp3) is 0.286. The molecule has 0 aliphatic rings. The first kappa shape index (κ1) is 15.7. The topological polar surface area (TPSA) is 72.9 Å². The van der Waals surface area contributed by atoms with Crippen molar-refractivity contribution in [1.29, 1.82) is 0 Å². The molecule has 0 bridgehead atoms. The number of rotatable bonds is 3. The summed E-state index contributed by atoms with van der Waals surface area (Å²) in [6.07, 6.45) is 0. The van der Waals surface area contributed by atoms with Gasteiger partial charge >= 0.3 is 0 Å². The average molecular weight is 327 g/mol. The molecule has 0 spiro atoms. The molecule has 1 aromatic carbocycles. The molecule has 2 rings (SSSR count). The molecule has 0 unspecified atom stereocenters. The van der Waals surface area contributed by atoms with Crippen LogP contribution in [0.15, 0.2) is 12.1 Å². The summed E-state index contributed by atoms with van der Waals surface area (Å²) in [5.41, 5.74) is 9.44. The van der Waals surface area contributed by atoms with Crippen molar-refractivity contribution in [2.75, 3.05) is 11.1 Å². The lowest BCUT2D eigenvalue weighted by Crippen LogP contribution is -2.21. The van der Waals surface area contributed by atoms with Crippen LogP contribution in [-0.2, 0) is 11.3 Å². The highest BCUT2D eigenvalue weighted by molar-refractivity contribution is 6.37. The molecule has 0 aliphatic heterocycles. The van der Waals surface area contributed by atoms with Crippen molar-refractivity contribution >= 4 is 40.5 Å². The van der Waals surface area contributed by atoms with Crippen molar-refractivity contribution in [3.63, 3.8) is 0 Å². The summed E-state index contributed by atoms with van der Waals surface area (Å²) in [5.74, 6) is -0.253. The Kier molecular flexibility index (Phi) is 4.44. The molecule has 0 fully saturated rings. The fourth-order valence-corrected chi connectivity index (χ4v) is 2.54. The van der Waals surface area contributed by atoms with Crippen molar-refractivity contribution in [1.82, 2.24) is 9.78 Å². The zero-order valence-corrected chi connectivity index (χ0v) is 13.5. The Hall–Kier alpha value is -1.72. The highest BCUT2D eigenvalue weighted by Crippen LogP contribution is 2.32. The number of halogens is 2. The van der Waals surface area contributed by atoms with E-state index >= 15 is 0 Å². The molecule has 21 heavy (non-hydrogen) atoms. The predicted octanol–water partition coefficient (Wildman–Crippen LogP) is 3.34. The molecule has 0 saturated carbocycles. The zero-order chi connectivity index (χ0) is 15.7. The van der Waals surface area contributed by atoms with Crippen LogP contribution in [0.25, 0.3) is 0 Å². The summed E-state index contributed by atoms with van der Waals surface area (Å²) >= 11 is 11.9. The minimum Gasteiger partial charge on any atom is -0.397 e. The molecule has 3 N–H and O–H groups in total. The number of hydrogen-bond acceptors (Lipinski definition) is 3. The number of aromatic nitrogens is 2. The van der Waals surface area contributed by atoms with E-state index in [1.165, 1.54) is 12.1 Å². The van der Waals surface area contributed by atoms with E-state index in [0.29, 0.717) is 21.4 Å². The maximum absolute atomic E-state index is 12.1. The van der Waals surface area contributed by atoms with Crippen LogP contribution in [0.4, 0.5) is 11.4 Å².